The average molecular weight is 339 g/mol. The third kappa shape index (κ3) is 3.42. The number of carbonyl (C=O) groups is 1. The summed E-state index contributed by atoms with van der Waals surface area (Å²) in [5, 5.41) is 3.10. The number of hydrogen-bond acceptors (Lipinski definition) is 1. The quantitative estimate of drug-likeness (QED) is 0.897. The van der Waals surface area contributed by atoms with E-state index >= 15 is 0 Å². The standard InChI is InChI=1S/C12H11BrClF2NO/c13-9-2-1-7(3-10(9)14)4-11(18)17-8-5-12(15,16)6-8/h1-3,8H,4-6H2,(H,17,18). The second-order valence-corrected chi connectivity index (χ2v) is 5.72. The number of rotatable bonds is 3. The van der Waals surface area contributed by atoms with Crippen LogP contribution in [0.3, 0.4) is 0 Å². The van der Waals surface area contributed by atoms with Gasteiger partial charge < -0.3 is 5.32 Å². The number of benzene rings is 1. The zero-order chi connectivity index (χ0) is 13.3. The van der Waals surface area contributed by atoms with Crippen molar-refractivity contribution in [2.75, 3.05) is 0 Å². The van der Waals surface area contributed by atoms with E-state index in [2.05, 4.69) is 21.2 Å². The summed E-state index contributed by atoms with van der Waals surface area (Å²) in [4.78, 5) is 11.6. The Morgan fingerprint density at radius 1 is 1.50 bits per heavy atom. The van der Waals surface area contributed by atoms with Crippen LogP contribution in [0.25, 0.3) is 0 Å². The first kappa shape index (κ1) is 13.7. The molecule has 1 aromatic rings. The van der Waals surface area contributed by atoms with Crippen molar-refractivity contribution in [1.29, 1.82) is 0 Å². The van der Waals surface area contributed by atoms with Gasteiger partial charge in [0.15, 0.2) is 0 Å². The molecule has 0 unspecified atom stereocenters. The molecule has 0 heterocycles. The van der Waals surface area contributed by atoms with Crippen LogP contribution in [0.4, 0.5) is 8.78 Å². The van der Waals surface area contributed by atoms with E-state index in [-0.39, 0.29) is 25.2 Å². The minimum atomic E-state index is -2.61. The fourth-order valence-corrected chi connectivity index (χ4v) is 2.33. The number of halogens is 4. The zero-order valence-corrected chi connectivity index (χ0v) is 11.7. The lowest BCUT2D eigenvalue weighted by molar-refractivity contribution is -0.128. The Morgan fingerprint density at radius 3 is 2.72 bits per heavy atom. The van der Waals surface area contributed by atoms with Crippen LogP contribution in [0.5, 0.6) is 0 Å². The SMILES string of the molecule is O=C(Cc1ccc(Br)c(Cl)c1)NC1CC(F)(F)C1. The Morgan fingerprint density at radius 2 is 2.17 bits per heavy atom. The topological polar surface area (TPSA) is 29.1 Å². The number of carbonyl (C=O) groups excluding carboxylic acids is 1. The molecule has 1 amide bonds. The molecule has 0 aliphatic heterocycles. The van der Waals surface area contributed by atoms with Gasteiger partial charge in [-0.15, -0.1) is 0 Å². The van der Waals surface area contributed by atoms with Crippen molar-refractivity contribution in [2.45, 2.75) is 31.2 Å². The van der Waals surface area contributed by atoms with E-state index in [1.54, 1.807) is 18.2 Å². The van der Waals surface area contributed by atoms with Gasteiger partial charge in [-0.2, -0.15) is 0 Å². The molecule has 1 aromatic carbocycles. The molecule has 98 valence electrons. The summed E-state index contributed by atoms with van der Waals surface area (Å²) in [5.74, 6) is -2.87. The first-order valence-corrected chi connectivity index (χ1v) is 6.64. The molecule has 0 saturated heterocycles. The van der Waals surface area contributed by atoms with Crippen LogP contribution in [0.1, 0.15) is 18.4 Å². The minimum absolute atomic E-state index is 0.148. The van der Waals surface area contributed by atoms with Gasteiger partial charge in [-0.05, 0) is 33.6 Å². The van der Waals surface area contributed by atoms with Gasteiger partial charge in [-0.1, -0.05) is 17.7 Å². The maximum Gasteiger partial charge on any atom is 0.252 e. The fraction of sp³-hybridized carbons (Fsp3) is 0.417. The Labute approximate surface area is 117 Å². The molecular weight excluding hydrogens is 327 g/mol. The second kappa shape index (κ2) is 5.13. The predicted octanol–water partition coefficient (Wildman–Crippen LogP) is 3.56. The molecule has 1 aliphatic carbocycles. The molecular formula is C12H11BrClF2NO. The van der Waals surface area contributed by atoms with Crippen molar-refractivity contribution in [3.05, 3.63) is 33.3 Å². The highest BCUT2D eigenvalue weighted by Gasteiger charge is 2.45. The lowest BCUT2D eigenvalue weighted by Gasteiger charge is -2.35. The molecule has 18 heavy (non-hydrogen) atoms. The van der Waals surface area contributed by atoms with Crippen LogP contribution in [0, 0.1) is 0 Å². The normalized spacial score (nSPS) is 18.2. The number of hydrogen-bond donors (Lipinski definition) is 1. The molecule has 0 radical (unpaired) electrons. The van der Waals surface area contributed by atoms with E-state index in [9.17, 15) is 13.6 Å². The van der Waals surface area contributed by atoms with Crippen LogP contribution in [0.2, 0.25) is 5.02 Å². The lowest BCUT2D eigenvalue weighted by atomic mass is 9.88. The monoisotopic (exact) mass is 337 g/mol. The van der Waals surface area contributed by atoms with Gasteiger partial charge in [-0.3, -0.25) is 4.79 Å². The van der Waals surface area contributed by atoms with E-state index in [1.165, 1.54) is 0 Å². The zero-order valence-electron chi connectivity index (χ0n) is 9.35. The Kier molecular flexibility index (Phi) is 3.92. The molecule has 1 fully saturated rings. The number of nitrogens with one attached hydrogen (secondary N) is 1. The lowest BCUT2D eigenvalue weighted by Crippen LogP contribution is -2.50. The summed E-state index contributed by atoms with van der Waals surface area (Å²) < 4.78 is 25.9. The van der Waals surface area contributed by atoms with E-state index in [1.807, 2.05) is 0 Å². The maximum atomic E-state index is 12.6. The van der Waals surface area contributed by atoms with Crippen LogP contribution in [-0.2, 0) is 11.2 Å². The number of alkyl halides is 2. The summed E-state index contributed by atoms with van der Waals surface area (Å²) in [7, 11) is 0. The fourth-order valence-electron chi connectivity index (χ4n) is 1.88. The third-order valence-corrected chi connectivity index (χ3v) is 4.04. The molecule has 0 atom stereocenters. The minimum Gasteiger partial charge on any atom is -0.353 e. The van der Waals surface area contributed by atoms with Crippen LogP contribution < -0.4 is 5.32 Å². The molecule has 6 heteroatoms. The summed E-state index contributed by atoms with van der Waals surface area (Å²) in [6.45, 7) is 0. The van der Waals surface area contributed by atoms with Crippen molar-refractivity contribution >= 4 is 33.4 Å². The van der Waals surface area contributed by atoms with Crippen LogP contribution >= 0.6 is 27.5 Å². The highest BCUT2D eigenvalue weighted by atomic mass is 79.9. The molecule has 1 N–H and O–H groups in total. The Balaban J connectivity index is 1.86. The van der Waals surface area contributed by atoms with E-state index in [4.69, 9.17) is 11.6 Å². The van der Waals surface area contributed by atoms with Crippen LogP contribution in [-0.4, -0.2) is 17.9 Å². The first-order chi connectivity index (χ1) is 8.35. The van der Waals surface area contributed by atoms with Crippen molar-refractivity contribution in [3.63, 3.8) is 0 Å². The van der Waals surface area contributed by atoms with E-state index < -0.39 is 12.0 Å². The highest BCUT2D eigenvalue weighted by molar-refractivity contribution is 9.10. The average Bonchev–Trinajstić information content (AvgIpc) is 2.21. The molecule has 1 saturated carbocycles. The van der Waals surface area contributed by atoms with Crippen molar-refractivity contribution in [3.8, 4) is 0 Å². The highest BCUT2D eigenvalue weighted by Crippen LogP contribution is 2.37. The molecule has 0 spiro atoms. The predicted molar refractivity (Wildman–Crippen MR) is 69.0 cm³/mol. The summed E-state index contributed by atoms with van der Waals surface area (Å²) in [6, 6.07) is 4.80. The second-order valence-electron chi connectivity index (χ2n) is 4.45. The van der Waals surface area contributed by atoms with Gasteiger partial charge in [0.1, 0.15) is 0 Å². The molecule has 2 rings (SSSR count). The first-order valence-electron chi connectivity index (χ1n) is 5.47. The molecule has 0 aromatic heterocycles. The van der Waals surface area contributed by atoms with Gasteiger partial charge in [0, 0.05) is 23.4 Å². The smallest absolute Gasteiger partial charge is 0.252 e. The van der Waals surface area contributed by atoms with Gasteiger partial charge in [0.2, 0.25) is 5.91 Å². The molecule has 1 aliphatic rings. The van der Waals surface area contributed by atoms with Gasteiger partial charge in [-0.25, -0.2) is 8.78 Å². The third-order valence-electron chi connectivity index (χ3n) is 2.80. The maximum absolute atomic E-state index is 12.6. The van der Waals surface area contributed by atoms with Crippen molar-refractivity contribution in [1.82, 2.24) is 5.32 Å². The molecule has 2 nitrogen and oxygen atoms in total. The summed E-state index contributed by atoms with van der Waals surface area (Å²) >= 11 is 9.15. The van der Waals surface area contributed by atoms with Gasteiger partial charge in [0.25, 0.3) is 5.92 Å². The van der Waals surface area contributed by atoms with Crippen molar-refractivity contribution in [2.24, 2.45) is 0 Å². The van der Waals surface area contributed by atoms with Gasteiger partial charge in [0.05, 0.1) is 11.4 Å². The van der Waals surface area contributed by atoms with Gasteiger partial charge >= 0.3 is 0 Å². The van der Waals surface area contributed by atoms with E-state index in [0.717, 1.165) is 10.0 Å². The van der Waals surface area contributed by atoms with E-state index in [0.29, 0.717) is 5.02 Å². The van der Waals surface area contributed by atoms with Crippen LogP contribution in [0.15, 0.2) is 22.7 Å². The number of amides is 1. The molecule has 0 bridgehead atoms. The Bertz CT molecular complexity index is 473. The largest absolute Gasteiger partial charge is 0.353 e. The Hall–Kier alpha value is -0.680. The summed E-state index contributed by atoms with van der Waals surface area (Å²) in [5.41, 5.74) is 0.756. The summed E-state index contributed by atoms with van der Waals surface area (Å²) in [6.07, 6.45) is -0.380. The van der Waals surface area contributed by atoms with Crippen molar-refractivity contribution < 1.29 is 13.6 Å².